The molecule has 4 nitrogen and oxygen atoms in total. The van der Waals surface area contributed by atoms with Gasteiger partial charge in [0.2, 0.25) is 0 Å². The van der Waals surface area contributed by atoms with Crippen LogP contribution in [0.2, 0.25) is 0 Å². The van der Waals surface area contributed by atoms with Crippen molar-refractivity contribution in [2.75, 3.05) is 7.11 Å². The van der Waals surface area contributed by atoms with Crippen molar-refractivity contribution in [2.24, 2.45) is 0 Å². The first-order valence-corrected chi connectivity index (χ1v) is 9.16. The van der Waals surface area contributed by atoms with Crippen LogP contribution in [0, 0.1) is 13.8 Å². The third-order valence-corrected chi connectivity index (χ3v) is 4.66. The van der Waals surface area contributed by atoms with Crippen LogP contribution < -0.4 is 14.8 Å². The standard InChI is InChI=1S/C22H29NO3/c1-6-20(17-9-8-15(3)16(4)14-17)23-22(24)21(7-2)26-19-12-10-18(25-5)11-13-19/h8-14,20-21H,6-7H2,1-5H3,(H,23,24)/t20-,21-/m1/s1. The molecule has 0 bridgehead atoms. The van der Waals surface area contributed by atoms with E-state index in [1.807, 2.05) is 31.2 Å². The molecule has 0 saturated heterocycles. The number of carbonyl (C=O) groups is 1. The number of rotatable bonds is 8. The maximum Gasteiger partial charge on any atom is 0.261 e. The van der Waals surface area contributed by atoms with E-state index in [2.05, 4.69) is 44.3 Å². The summed E-state index contributed by atoms with van der Waals surface area (Å²) >= 11 is 0. The first-order valence-electron chi connectivity index (χ1n) is 9.16. The average Bonchev–Trinajstić information content (AvgIpc) is 2.66. The lowest BCUT2D eigenvalue weighted by Gasteiger charge is -2.23. The highest BCUT2D eigenvalue weighted by molar-refractivity contribution is 5.81. The molecule has 0 unspecified atom stereocenters. The van der Waals surface area contributed by atoms with Crippen molar-refractivity contribution >= 4 is 5.91 Å². The van der Waals surface area contributed by atoms with Crippen LogP contribution in [0.3, 0.4) is 0 Å². The molecule has 0 aliphatic rings. The molecule has 0 heterocycles. The molecule has 1 amide bonds. The Hall–Kier alpha value is -2.49. The van der Waals surface area contributed by atoms with Gasteiger partial charge in [0.15, 0.2) is 6.10 Å². The molecule has 0 spiro atoms. The van der Waals surface area contributed by atoms with E-state index in [0.29, 0.717) is 12.2 Å². The van der Waals surface area contributed by atoms with Crippen LogP contribution in [0.4, 0.5) is 0 Å². The van der Waals surface area contributed by atoms with Crippen molar-refractivity contribution in [2.45, 2.75) is 52.7 Å². The van der Waals surface area contributed by atoms with Crippen LogP contribution in [0.1, 0.15) is 49.4 Å². The van der Waals surface area contributed by atoms with Gasteiger partial charge in [-0.1, -0.05) is 32.0 Å². The molecule has 2 aromatic rings. The molecule has 26 heavy (non-hydrogen) atoms. The lowest BCUT2D eigenvalue weighted by atomic mass is 9.99. The number of hydrogen-bond acceptors (Lipinski definition) is 3. The molecule has 2 rings (SSSR count). The molecule has 0 aliphatic heterocycles. The lowest BCUT2D eigenvalue weighted by molar-refractivity contribution is -0.128. The quantitative estimate of drug-likeness (QED) is 0.744. The van der Waals surface area contributed by atoms with E-state index in [9.17, 15) is 4.79 Å². The molecular formula is C22H29NO3. The first-order chi connectivity index (χ1) is 12.5. The second kappa shape index (κ2) is 9.27. The van der Waals surface area contributed by atoms with Crippen molar-refractivity contribution in [3.63, 3.8) is 0 Å². The van der Waals surface area contributed by atoms with Crippen molar-refractivity contribution in [3.05, 3.63) is 59.2 Å². The zero-order valence-electron chi connectivity index (χ0n) is 16.3. The second-order valence-corrected chi connectivity index (χ2v) is 6.50. The van der Waals surface area contributed by atoms with Gasteiger partial charge in [-0.05, 0) is 67.6 Å². The Morgan fingerprint density at radius 2 is 1.62 bits per heavy atom. The summed E-state index contributed by atoms with van der Waals surface area (Å²) in [6.07, 6.45) is 0.901. The second-order valence-electron chi connectivity index (χ2n) is 6.50. The topological polar surface area (TPSA) is 47.6 Å². The number of ether oxygens (including phenoxy) is 2. The minimum atomic E-state index is -0.524. The summed E-state index contributed by atoms with van der Waals surface area (Å²) < 4.78 is 11.0. The minimum Gasteiger partial charge on any atom is -0.497 e. The Bertz CT molecular complexity index is 725. The number of methoxy groups -OCH3 is 1. The Morgan fingerprint density at radius 1 is 0.962 bits per heavy atom. The Labute approximate surface area is 156 Å². The largest absolute Gasteiger partial charge is 0.497 e. The third kappa shape index (κ3) is 5.01. The van der Waals surface area contributed by atoms with Gasteiger partial charge in [-0.3, -0.25) is 4.79 Å². The van der Waals surface area contributed by atoms with Crippen LogP contribution >= 0.6 is 0 Å². The van der Waals surface area contributed by atoms with Gasteiger partial charge < -0.3 is 14.8 Å². The predicted octanol–water partition coefficient (Wildman–Crippen LogP) is 4.74. The number of benzene rings is 2. The van der Waals surface area contributed by atoms with Crippen LogP contribution in [-0.4, -0.2) is 19.1 Å². The summed E-state index contributed by atoms with van der Waals surface area (Å²) in [5.41, 5.74) is 3.61. The van der Waals surface area contributed by atoms with Crippen LogP contribution in [0.25, 0.3) is 0 Å². The van der Waals surface area contributed by atoms with Crippen LogP contribution in [0.15, 0.2) is 42.5 Å². The van der Waals surface area contributed by atoms with Gasteiger partial charge in [0.05, 0.1) is 13.2 Å². The minimum absolute atomic E-state index is 0.0182. The molecule has 4 heteroatoms. The smallest absolute Gasteiger partial charge is 0.261 e. The highest BCUT2D eigenvalue weighted by atomic mass is 16.5. The lowest BCUT2D eigenvalue weighted by Crippen LogP contribution is -2.40. The average molecular weight is 355 g/mol. The Kier molecular flexibility index (Phi) is 7.07. The van der Waals surface area contributed by atoms with E-state index in [-0.39, 0.29) is 11.9 Å². The van der Waals surface area contributed by atoms with Gasteiger partial charge in [0, 0.05) is 0 Å². The number of hydrogen-bond donors (Lipinski definition) is 1. The summed E-state index contributed by atoms with van der Waals surface area (Å²) in [6, 6.07) is 13.6. The predicted molar refractivity (Wildman–Crippen MR) is 105 cm³/mol. The van der Waals surface area contributed by atoms with Gasteiger partial charge in [0.25, 0.3) is 5.91 Å². The fraction of sp³-hybridized carbons (Fsp3) is 0.409. The molecule has 0 fully saturated rings. The SMILES string of the molecule is CC[C@@H](Oc1ccc(OC)cc1)C(=O)N[C@H](CC)c1ccc(C)c(C)c1. The molecule has 0 aromatic heterocycles. The Balaban J connectivity index is 2.06. The monoisotopic (exact) mass is 355 g/mol. The van der Waals surface area contributed by atoms with E-state index in [0.717, 1.165) is 17.7 Å². The van der Waals surface area contributed by atoms with Gasteiger partial charge >= 0.3 is 0 Å². The molecule has 1 N–H and O–H groups in total. The molecule has 0 saturated carbocycles. The van der Waals surface area contributed by atoms with Crippen molar-refractivity contribution < 1.29 is 14.3 Å². The normalized spacial score (nSPS) is 13.0. The molecular weight excluding hydrogens is 326 g/mol. The molecule has 2 atom stereocenters. The van der Waals surface area contributed by atoms with Gasteiger partial charge in [-0.25, -0.2) is 0 Å². The summed E-state index contributed by atoms with van der Waals surface area (Å²) in [5.74, 6) is 1.33. The van der Waals surface area contributed by atoms with Gasteiger partial charge in [0.1, 0.15) is 11.5 Å². The van der Waals surface area contributed by atoms with E-state index in [1.165, 1.54) is 11.1 Å². The number of aryl methyl sites for hydroxylation is 2. The fourth-order valence-corrected chi connectivity index (χ4v) is 2.81. The summed E-state index contributed by atoms with van der Waals surface area (Å²) in [4.78, 5) is 12.7. The van der Waals surface area contributed by atoms with Gasteiger partial charge in [-0.2, -0.15) is 0 Å². The number of carbonyl (C=O) groups excluding carboxylic acids is 1. The molecule has 0 aliphatic carbocycles. The Morgan fingerprint density at radius 3 is 2.15 bits per heavy atom. The van der Waals surface area contributed by atoms with Crippen molar-refractivity contribution in [3.8, 4) is 11.5 Å². The summed E-state index contributed by atoms with van der Waals surface area (Å²) in [6.45, 7) is 8.21. The number of nitrogens with one attached hydrogen (secondary N) is 1. The third-order valence-electron chi connectivity index (χ3n) is 4.66. The molecule has 2 aromatic carbocycles. The van der Waals surface area contributed by atoms with E-state index in [4.69, 9.17) is 9.47 Å². The van der Waals surface area contributed by atoms with Crippen molar-refractivity contribution in [1.82, 2.24) is 5.32 Å². The van der Waals surface area contributed by atoms with Crippen LogP contribution in [-0.2, 0) is 4.79 Å². The van der Waals surface area contributed by atoms with E-state index < -0.39 is 6.10 Å². The summed E-state index contributed by atoms with van der Waals surface area (Å²) in [5, 5.41) is 3.13. The highest BCUT2D eigenvalue weighted by Gasteiger charge is 2.22. The first kappa shape index (κ1) is 19.8. The zero-order valence-corrected chi connectivity index (χ0v) is 16.3. The van der Waals surface area contributed by atoms with Gasteiger partial charge in [-0.15, -0.1) is 0 Å². The zero-order chi connectivity index (χ0) is 19.1. The van der Waals surface area contributed by atoms with E-state index >= 15 is 0 Å². The maximum absolute atomic E-state index is 12.7. The van der Waals surface area contributed by atoms with Crippen LogP contribution in [0.5, 0.6) is 11.5 Å². The fourth-order valence-electron chi connectivity index (χ4n) is 2.81. The maximum atomic E-state index is 12.7. The summed E-state index contributed by atoms with van der Waals surface area (Å²) in [7, 11) is 1.62. The molecule has 140 valence electrons. The number of amides is 1. The van der Waals surface area contributed by atoms with E-state index in [1.54, 1.807) is 7.11 Å². The highest BCUT2D eigenvalue weighted by Crippen LogP contribution is 2.22. The van der Waals surface area contributed by atoms with Crippen molar-refractivity contribution in [1.29, 1.82) is 0 Å². The molecule has 0 radical (unpaired) electrons.